The lowest BCUT2D eigenvalue weighted by molar-refractivity contribution is -0.141. The minimum absolute atomic E-state index is 0.0588. The molecule has 3 nitrogen and oxygen atoms in total. The summed E-state index contributed by atoms with van der Waals surface area (Å²) in [7, 11) is 1.49. The van der Waals surface area contributed by atoms with Crippen LogP contribution in [0.3, 0.4) is 0 Å². The molecule has 4 fully saturated rings. The summed E-state index contributed by atoms with van der Waals surface area (Å²) in [5, 5.41) is 0. The van der Waals surface area contributed by atoms with Crippen LogP contribution in [0.25, 0.3) is 0 Å². The van der Waals surface area contributed by atoms with Gasteiger partial charge in [0.05, 0.1) is 7.11 Å². The normalized spacial score (nSPS) is 40.7. The Hall–Kier alpha value is -0.860. The Kier molecular flexibility index (Phi) is 9.64. The van der Waals surface area contributed by atoms with Gasteiger partial charge < -0.3 is 4.74 Å². The zero-order valence-corrected chi connectivity index (χ0v) is 21.6. The van der Waals surface area contributed by atoms with E-state index in [1.807, 2.05) is 27.7 Å². The molecule has 4 saturated carbocycles. The Bertz CT molecular complexity index is 599. The Balaban J connectivity index is 0.000000807. The van der Waals surface area contributed by atoms with Crippen molar-refractivity contribution in [1.29, 1.82) is 0 Å². The fourth-order valence-electron chi connectivity index (χ4n) is 8.22. The Labute approximate surface area is 192 Å². The molecule has 0 aromatic rings. The third-order valence-electron chi connectivity index (χ3n) is 9.84. The molecule has 0 bridgehead atoms. The van der Waals surface area contributed by atoms with E-state index in [-0.39, 0.29) is 5.97 Å². The van der Waals surface area contributed by atoms with E-state index in [4.69, 9.17) is 4.74 Å². The molecule has 0 aromatic carbocycles. The molecule has 0 radical (unpaired) electrons. The number of carbonyl (C=O) groups excluding carboxylic acids is 2. The smallest absolute Gasteiger partial charge is 0.305 e. The summed E-state index contributed by atoms with van der Waals surface area (Å²) in [5.41, 5.74) is 0.895. The summed E-state index contributed by atoms with van der Waals surface area (Å²) in [5.74, 6) is 4.49. The maximum absolute atomic E-state index is 12.0. The number of fused-ring (bicyclic) bond motifs is 5. The van der Waals surface area contributed by atoms with E-state index in [0.29, 0.717) is 29.0 Å². The maximum atomic E-state index is 12.0. The molecule has 180 valence electrons. The van der Waals surface area contributed by atoms with Crippen LogP contribution in [0.5, 0.6) is 0 Å². The van der Waals surface area contributed by atoms with Gasteiger partial charge >= 0.3 is 5.97 Å². The third kappa shape index (κ3) is 5.06. The molecule has 0 amide bonds. The standard InChI is InChI=1S/C24H38O3.2C2H6/c1-23-14-12-21-19(9-7-17-15-18(25)11-13-24(17,21)2)20(23)10-8-16(23)5-4-6-22(26)27-3;2*1-2/h16-17,19-21H,4-15H2,1-3H3;2*1-2H3. The second-order valence-electron chi connectivity index (χ2n) is 10.7. The molecule has 4 aliphatic rings. The predicted octanol–water partition coefficient (Wildman–Crippen LogP) is 7.61. The fraction of sp³-hybridized carbons (Fsp3) is 0.929. The zero-order valence-electron chi connectivity index (χ0n) is 21.6. The molecule has 31 heavy (non-hydrogen) atoms. The first-order chi connectivity index (χ1) is 14.9. The van der Waals surface area contributed by atoms with E-state index in [9.17, 15) is 9.59 Å². The van der Waals surface area contributed by atoms with Crippen LogP contribution in [-0.4, -0.2) is 18.9 Å². The topological polar surface area (TPSA) is 43.4 Å². The lowest BCUT2D eigenvalue weighted by Gasteiger charge is -2.60. The average molecular weight is 435 g/mol. The Morgan fingerprint density at radius 3 is 2.29 bits per heavy atom. The van der Waals surface area contributed by atoms with Gasteiger partial charge in [0.25, 0.3) is 0 Å². The van der Waals surface area contributed by atoms with Crippen LogP contribution in [0.15, 0.2) is 0 Å². The number of hydrogen-bond donors (Lipinski definition) is 0. The van der Waals surface area contributed by atoms with Gasteiger partial charge in [0, 0.05) is 19.3 Å². The Morgan fingerprint density at radius 2 is 1.61 bits per heavy atom. The van der Waals surface area contributed by atoms with Crippen LogP contribution in [0, 0.1) is 40.4 Å². The summed E-state index contributed by atoms with van der Waals surface area (Å²) in [6.45, 7) is 13.1. The third-order valence-corrected chi connectivity index (χ3v) is 9.84. The SMILES string of the molecule is CC.CC.COC(=O)CCCC1CCC2C3CCC4CC(=O)CCC4(C)C3CCC12C. The number of Topliss-reactive ketones (excluding diaryl/α,β-unsaturated/α-hetero) is 1. The first-order valence-electron chi connectivity index (χ1n) is 13.5. The fourth-order valence-corrected chi connectivity index (χ4v) is 8.22. The summed E-state index contributed by atoms with van der Waals surface area (Å²) in [6, 6.07) is 0. The molecule has 0 spiro atoms. The number of hydrogen-bond acceptors (Lipinski definition) is 3. The molecule has 4 aliphatic carbocycles. The van der Waals surface area contributed by atoms with Crippen LogP contribution in [0.4, 0.5) is 0 Å². The number of esters is 1. The number of methoxy groups -OCH3 is 1. The van der Waals surface area contributed by atoms with E-state index in [1.165, 1.54) is 52.1 Å². The zero-order chi connectivity index (χ0) is 23.2. The van der Waals surface area contributed by atoms with E-state index in [1.54, 1.807) is 0 Å². The van der Waals surface area contributed by atoms with Gasteiger partial charge in [0.1, 0.15) is 5.78 Å². The quantitative estimate of drug-likeness (QED) is 0.428. The molecule has 0 aliphatic heterocycles. The van der Waals surface area contributed by atoms with Crippen molar-refractivity contribution >= 4 is 11.8 Å². The van der Waals surface area contributed by atoms with Gasteiger partial charge in [0.2, 0.25) is 0 Å². The summed E-state index contributed by atoms with van der Waals surface area (Å²) < 4.78 is 4.82. The van der Waals surface area contributed by atoms with Crippen LogP contribution >= 0.6 is 0 Å². The van der Waals surface area contributed by atoms with Crippen molar-refractivity contribution < 1.29 is 14.3 Å². The minimum Gasteiger partial charge on any atom is -0.469 e. The molecular weight excluding hydrogens is 384 g/mol. The molecule has 0 saturated heterocycles. The van der Waals surface area contributed by atoms with Gasteiger partial charge in [0.15, 0.2) is 0 Å². The molecule has 3 heteroatoms. The summed E-state index contributed by atoms with van der Waals surface area (Å²) in [4.78, 5) is 23.5. The first kappa shape index (κ1) is 26.4. The molecule has 0 N–H and O–H groups in total. The molecular formula is C28H50O3. The number of ketones is 1. The van der Waals surface area contributed by atoms with Crippen LogP contribution < -0.4 is 0 Å². The van der Waals surface area contributed by atoms with Crippen molar-refractivity contribution in [2.24, 2.45) is 40.4 Å². The monoisotopic (exact) mass is 434 g/mol. The van der Waals surface area contributed by atoms with Crippen LogP contribution in [0.2, 0.25) is 0 Å². The molecule has 0 heterocycles. The molecule has 0 aromatic heterocycles. The average Bonchev–Trinajstić information content (AvgIpc) is 3.13. The lowest BCUT2D eigenvalue weighted by atomic mass is 9.44. The van der Waals surface area contributed by atoms with Gasteiger partial charge in [-0.05, 0) is 98.2 Å². The highest BCUT2D eigenvalue weighted by Crippen LogP contribution is 2.67. The maximum Gasteiger partial charge on any atom is 0.305 e. The Morgan fingerprint density at radius 1 is 0.935 bits per heavy atom. The minimum atomic E-state index is -0.0588. The van der Waals surface area contributed by atoms with Crippen molar-refractivity contribution in [3.8, 4) is 0 Å². The molecule has 7 atom stereocenters. The highest BCUT2D eigenvalue weighted by molar-refractivity contribution is 5.79. The van der Waals surface area contributed by atoms with Gasteiger partial charge in [-0.2, -0.15) is 0 Å². The van der Waals surface area contributed by atoms with Crippen LogP contribution in [-0.2, 0) is 14.3 Å². The van der Waals surface area contributed by atoms with Gasteiger partial charge in [-0.1, -0.05) is 41.5 Å². The first-order valence-corrected chi connectivity index (χ1v) is 13.5. The highest BCUT2D eigenvalue weighted by Gasteiger charge is 2.59. The molecule has 4 rings (SSSR count). The largest absolute Gasteiger partial charge is 0.469 e. The summed E-state index contributed by atoms with van der Waals surface area (Å²) in [6.07, 6.45) is 13.7. The van der Waals surface area contributed by atoms with E-state index >= 15 is 0 Å². The number of ether oxygens (including phenoxy) is 1. The van der Waals surface area contributed by atoms with Crippen molar-refractivity contribution in [3.63, 3.8) is 0 Å². The van der Waals surface area contributed by atoms with E-state index in [2.05, 4.69) is 13.8 Å². The van der Waals surface area contributed by atoms with Crippen molar-refractivity contribution in [2.75, 3.05) is 7.11 Å². The van der Waals surface area contributed by atoms with Gasteiger partial charge in [-0.3, -0.25) is 9.59 Å². The predicted molar refractivity (Wildman–Crippen MR) is 129 cm³/mol. The summed E-state index contributed by atoms with van der Waals surface area (Å²) >= 11 is 0. The second-order valence-corrected chi connectivity index (χ2v) is 10.7. The van der Waals surface area contributed by atoms with E-state index < -0.39 is 0 Å². The van der Waals surface area contributed by atoms with Crippen molar-refractivity contribution in [3.05, 3.63) is 0 Å². The van der Waals surface area contributed by atoms with Crippen molar-refractivity contribution in [2.45, 2.75) is 119 Å². The van der Waals surface area contributed by atoms with Crippen molar-refractivity contribution in [1.82, 2.24) is 0 Å². The lowest BCUT2D eigenvalue weighted by Crippen LogP contribution is -2.53. The highest BCUT2D eigenvalue weighted by atomic mass is 16.5. The number of rotatable bonds is 4. The van der Waals surface area contributed by atoms with Gasteiger partial charge in [-0.25, -0.2) is 0 Å². The molecule has 7 unspecified atom stereocenters. The van der Waals surface area contributed by atoms with Gasteiger partial charge in [-0.15, -0.1) is 0 Å². The van der Waals surface area contributed by atoms with Crippen LogP contribution in [0.1, 0.15) is 119 Å². The van der Waals surface area contributed by atoms with E-state index in [0.717, 1.165) is 49.4 Å². The number of carbonyl (C=O) groups is 2. The second kappa shape index (κ2) is 11.3.